The molecule has 4 nitrogen and oxygen atoms in total. The first-order valence-electron chi connectivity index (χ1n) is 5.57. The maximum Gasteiger partial charge on any atom is 0.354 e. The van der Waals surface area contributed by atoms with Gasteiger partial charge < -0.3 is 10.4 Å². The summed E-state index contributed by atoms with van der Waals surface area (Å²) in [6.45, 7) is 3.89. The van der Waals surface area contributed by atoms with Crippen LogP contribution in [-0.2, 0) is 6.54 Å². The van der Waals surface area contributed by atoms with E-state index in [0.717, 1.165) is 24.1 Å². The highest BCUT2D eigenvalue weighted by Crippen LogP contribution is 2.36. The molecule has 0 aliphatic heterocycles. The molecule has 1 heterocycles. The predicted octanol–water partition coefficient (Wildman–Crippen LogP) is 1.53. The molecule has 86 valence electrons. The van der Waals surface area contributed by atoms with E-state index in [1.807, 2.05) is 6.07 Å². The third-order valence-corrected chi connectivity index (χ3v) is 3.01. The van der Waals surface area contributed by atoms with Crippen LogP contribution in [0, 0.1) is 11.8 Å². The van der Waals surface area contributed by atoms with Crippen LogP contribution in [0.4, 0.5) is 0 Å². The molecule has 0 radical (unpaired) electrons. The highest BCUT2D eigenvalue weighted by Gasteiger charge is 2.31. The summed E-state index contributed by atoms with van der Waals surface area (Å²) >= 11 is 0. The van der Waals surface area contributed by atoms with Crippen molar-refractivity contribution in [2.24, 2.45) is 11.8 Å². The van der Waals surface area contributed by atoms with Crippen molar-refractivity contribution in [2.75, 3.05) is 6.54 Å². The van der Waals surface area contributed by atoms with E-state index in [9.17, 15) is 4.79 Å². The summed E-state index contributed by atoms with van der Waals surface area (Å²) in [4.78, 5) is 14.8. The van der Waals surface area contributed by atoms with E-state index >= 15 is 0 Å². The molecule has 2 atom stereocenters. The second-order valence-electron chi connectivity index (χ2n) is 4.42. The zero-order valence-electron chi connectivity index (χ0n) is 9.31. The Labute approximate surface area is 94.7 Å². The van der Waals surface area contributed by atoms with Gasteiger partial charge in [-0.05, 0) is 36.9 Å². The second-order valence-corrected chi connectivity index (χ2v) is 4.42. The summed E-state index contributed by atoms with van der Waals surface area (Å²) in [6, 6.07) is 5.08. The van der Waals surface area contributed by atoms with E-state index in [0.29, 0.717) is 6.54 Å². The number of carbonyl (C=O) groups is 1. The highest BCUT2D eigenvalue weighted by atomic mass is 16.4. The maximum absolute atomic E-state index is 10.7. The van der Waals surface area contributed by atoms with Gasteiger partial charge >= 0.3 is 5.97 Å². The van der Waals surface area contributed by atoms with Gasteiger partial charge in [-0.3, -0.25) is 0 Å². The molecule has 0 saturated heterocycles. The minimum Gasteiger partial charge on any atom is -0.477 e. The monoisotopic (exact) mass is 220 g/mol. The number of hydrogen-bond donors (Lipinski definition) is 2. The molecule has 0 amide bonds. The van der Waals surface area contributed by atoms with Gasteiger partial charge in [0.05, 0.1) is 5.69 Å². The molecule has 0 bridgehead atoms. The minimum absolute atomic E-state index is 0.110. The Kier molecular flexibility index (Phi) is 3.19. The largest absolute Gasteiger partial charge is 0.477 e. The summed E-state index contributed by atoms with van der Waals surface area (Å²) < 4.78 is 0. The van der Waals surface area contributed by atoms with Gasteiger partial charge in [-0.25, -0.2) is 9.78 Å². The number of pyridine rings is 1. The summed E-state index contributed by atoms with van der Waals surface area (Å²) in [6.07, 6.45) is 1.30. The molecule has 1 aliphatic rings. The van der Waals surface area contributed by atoms with Crippen LogP contribution in [0.5, 0.6) is 0 Å². The first-order chi connectivity index (χ1) is 7.66. The Morgan fingerprint density at radius 3 is 3.00 bits per heavy atom. The summed E-state index contributed by atoms with van der Waals surface area (Å²) in [7, 11) is 0. The normalized spacial score (nSPS) is 23.1. The lowest BCUT2D eigenvalue weighted by Crippen LogP contribution is -2.18. The smallest absolute Gasteiger partial charge is 0.354 e. The standard InChI is InChI=1S/C12H16N2O2/c1-8-5-9(8)6-13-7-10-3-2-4-11(14-10)12(15)16/h2-4,8-9,13H,5-7H2,1H3,(H,15,16). The van der Waals surface area contributed by atoms with Crippen LogP contribution >= 0.6 is 0 Å². The van der Waals surface area contributed by atoms with Crippen LogP contribution in [0.3, 0.4) is 0 Å². The molecule has 2 unspecified atom stereocenters. The van der Waals surface area contributed by atoms with Crippen molar-refractivity contribution in [1.82, 2.24) is 10.3 Å². The minimum atomic E-state index is -0.974. The quantitative estimate of drug-likeness (QED) is 0.789. The molecule has 2 rings (SSSR count). The van der Waals surface area contributed by atoms with Gasteiger partial charge in [0.1, 0.15) is 5.69 Å². The van der Waals surface area contributed by atoms with Crippen molar-refractivity contribution in [3.8, 4) is 0 Å². The predicted molar refractivity (Wildman–Crippen MR) is 60.2 cm³/mol. The first kappa shape index (κ1) is 11.1. The molecular weight excluding hydrogens is 204 g/mol. The van der Waals surface area contributed by atoms with Crippen molar-refractivity contribution in [3.63, 3.8) is 0 Å². The molecule has 0 aromatic carbocycles. The molecule has 4 heteroatoms. The van der Waals surface area contributed by atoms with Crippen LogP contribution in [-0.4, -0.2) is 22.6 Å². The average molecular weight is 220 g/mol. The number of carboxylic acids is 1. The highest BCUT2D eigenvalue weighted by molar-refractivity contribution is 5.85. The average Bonchev–Trinajstić information content (AvgIpc) is 2.95. The summed E-state index contributed by atoms with van der Waals surface area (Å²) in [5.74, 6) is 0.658. The Morgan fingerprint density at radius 1 is 1.62 bits per heavy atom. The fraction of sp³-hybridized carbons (Fsp3) is 0.500. The Bertz CT molecular complexity index is 392. The van der Waals surface area contributed by atoms with Crippen molar-refractivity contribution < 1.29 is 9.90 Å². The fourth-order valence-corrected chi connectivity index (χ4v) is 1.77. The second kappa shape index (κ2) is 4.61. The van der Waals surface area contributed by atoms with Crippen LogP contribution in [0.1, 0.15) is 29.5 Å². The van der Waals surface area contributed by atoms with Crippen LogP contribution in [0.2, 0.25) is 0 Å². The van der Waals surface area contributed by atoms with E-state index in [1.165, 1.54) is 12.5 Å². The molecule has 1 saturated carbocycles. The number of carboxylic acid groups (broad SMARTS) is 1. The molecule has 2 N–H and O–H groups in total. The van der Waals surface area contributed by atoms with E-state index < -0.39 is 5.97 Å². The lowest BCUT2D eigenvalue weighted by Gasteiger charge is -2.04. The zero-order valence-corrected chi connectivity index (χ0v) is 9.31. The first-order valence-corrected chi connectivity index (χ1v) is 5.57. The van der Waals surface area contributed by atoms with Gasteiger partial charge in [-0.2, -0.15) is 0 Å². The topological polar surface area (TPSA) is 62.2 Å². The Balaban J connectivity index is 1.84. The van der Waals surface area contributed by atoms with Crippen LogP contribution < -0.4 is 5.32 Å². The van der Waals surface area contributed by atoms with Crippen molar-refractivity contribution in [2.45, 2.75) is 19.9 Å². The zero-order chi connectivity index (χ0) is 11.5. The molecule has 1 aromatic rings. The van der Waals surface area contributed by atoms with Crippen LogP contribution in [0.25, 0.3) is 0 Å². The van der Waals surface area contributed by atoms with Crippen molar-refractivity contribution in [3.05, 3.63) is 29.6 Å². The van der Waals surface area contributed by atoms with Gasteiger partial charge in [0.25, 0.3) is 0 Å². The van der Waals surface area contributed by atoms with Gasteiger partial charge in [0.2, 0.25) is 0 Å². The third-order valence-electron chi connectivity index (χ3n) is 3.01. The summed E-state index contributed by atoms with van der Waals surface area (Å²) in [5, 5.41) is 12.1. The number of nitrogens with one attached hydrogen (secondary N) is 1. The van der Waals surface area contributed by atoms with Crippen molar-refractivity contribution >= 4 is 5.97 Å². The molecule has 0 spiro atoms. The van der Waals surface area contributed by atoms with Crippen LogP contribution in [0.15, 0.2) is 18.2 Å². The molecule has 1 aromatic heterocycles. The lowest BCUT2D eigenvalue weighted by molar-refractivity contribution is 0.0690. The van der Waals surface area contributed by atoms with Gasteiger partial charge in [0, 0.05) is 6.54 Å². The maximum atomic E-state index is 10.7. The number of nitrogens with zero attached hydrogens (tertiary/aromatic N) is 1. The fourth-order valence-electron chi connectivity index (χ4n) is 1.77. The van der Waals surface area contributed by atoms with E-state index in [-0.39, 0.29) is 5.69 Å². The van der Waals surface area contributed by atoms with E-state index in [2.05, 4.69) is 17.2 Å². The summed E-state index contributed by atoms with van der Waals surface area (Å²) in [5.41, 5.74) is 0.896. The number of aromatic carboxylic acids is 1. The van der Waals surface area contributed by atoms with Gasteiger partial charge in [-0.15, -0.1) is 0 Å². The third kappa shape index (κ3) is 2.79. The molecular formula is C12H16N2O2. The number of rotatable bonds is 5. The lowest BCUT2D eigenvalue weighted by atomic mass is 10.3. The number of aromatic nitrogens is 1. The Hall–Kier alpha value is -1.42. The van der Waals surface area contributed by atoms with Gasteiger partial charge in [0.15, 0.2) is 0 Å². The molecule has 16 heavy (non-hydrogen) atoms. The molecule has 1 fully saturated rings. The molecule has 1 aliphatic carbocycles. The van der Waals surface area contributed by atoms with Crippen molar-refractivity contribution in [1.29, 1.82) is 0 Å². The van der Waals surface area contributed by atoms with Gasteiger partial charge in [-0.1, -0.05) is 13.0 Å². The SMILES string of the molecule is CC1CC1CNCc1cccc(C(=O)O)n1. The van der Waals surface area contributed by atoms with E-state index in [4.69, 9.17) is 5.11 Å². The van der Waals surface area contributed by atoms with E-state index in [1.54, 1.807) is 6.07 Å². The Morgan fingerprint density at radius 2 is 2.38 bits per heavy atom. The number of hydrogen-bond acceptors (Lipinski definition) is 3.